The van der Waals surface area contributed by atoms with E-state index in [0.29, 0.717) is 12.2 Å². The molecule has 28 heavy (non-hydrogen) atoms. The summed E-state index contributed by atoms with van der Waals surface area (Å²) in [5.41, 5.74) is 7.90. The molecule has 1 amide bonds. The van der Waals surface area contributed by atoms with E-state index < -0.39 is 6.04 Å². The van der Waals surface area contributed by atoms with Gasteiger partial charge in [0.05, 0.1) is 0 Å². The Bertz CT molecular complexity index is 887. The number of nitrogens with zero attached hydrogens (tertiary/aromatic N) is 4. The molecule has 0 aliphatic heterocycles. The zero-order valence-electron chi connectivity index (χ0n) is 15.3. The molecule has 148 valence electrons. The van der Waals surface area contributed by atoms with E-state index in [1.165, 1.54) is 16.8 Å². The van der Waals surface area contributed by atoms with Crippen LogP contribution in [-0.2, 0) is 11.2 Å². The van der Waals surface area contributed by atoms with E-state index in [1.54, 1.807) is 19.1 Å². The third-order valence-electron chi connectivity index (χ3n) is 4.32. The second-order valence-corrected chi connectivity index (χ2v) is 6.28. The number of carbonyl (C=O) groups excluding carboxylic acids is 1. The number of rotatable bonds is 7. The smallest absolute Gasteiger partial charge is 0.245 e. The zero-order chi connectivity index (χ0) is 19.2. The van der Waals surface area contributed by atoms with Crippen molar-refractivity contribution in [1.29, 1.82) is 0 Å². The van der Waals surface area contributed by atoms with Crippen LogP contribution < -0.4 is 11.1 Å². The van der Waals surface area contributed by atoms with Gasteiger partial charge < -0.3 is 11.1 Å². The molecule has 0 fully saturated rings. The highest BCUT2D eigenvalue weighted by molar-refractivity contribution is 5.85. The van der Waals surface area contributed by atoms with Gasteiger partial charge in [0.1, 0.15) is 17.7 Å². The van der Waals surface area contributed by atoms with Crippen molar-refractivity contribution in [3.63, 3.8) is 0 Å². The van der Waals surface area contributed by atoms with Gasteiger partial charge in [0.2, 0.25) is 5.91 Å². The maximum absolute atomic E-state index is 13.2. The van der Waals surface area contributed by atoms with Crippen molar-refractivity contribution in [3.8, 4) is 0 Å². The number of aryl methyl sites for hydroxylation is 1. The van der Waals surface area contributed by atoms with Crippen molar-refractivity contribution in [2.24, 2.45) is 5.73 Å². The van der Waals surface area contributed by atoms with Gasteiger partial charge in [-0.3, -0.25) is 4.79 Å². The molecule has 0 aliphatic carbocycles. The first-order chi connectivity index (χ1) is 13.0. The first-order valence-electron chi connectivity index (χ1n) is 8.61. The molecular weight excluding hydrogens is 383 g/mol. The number of nitrogens with one attached hydrogen (secondary N) is 1. The summed E-state index contributed by atoms with van der Waals surface area (Å²) in [6.45, 7) is 2.00. The molecule has 3 rings (SSSR count). The average Bonchev–Trinajstić information content (AvgIpc) is 3.11. The predicted molar refractivity (Wildman–Crippen MR) is 105 cm³/mol. The van der Waals surface area contributed by atoms with E-state index in [2.05, 4.69) is 20.8 Å². The lowest BCUT2D eigenvalue weighted by atomic mass is 10.0. The first-order valence-corrected chi connectivity index (χ1v) is 8.61. The fourth-order valence-corrected chi connectivity index (χ4v) is 2.81. The molecule has 1 heterocycles. The average molecular weight is 405 g/mol. The molecule has 2 aromatic carbocycles. The highest BCUT2D eigenvalue weighted by Gasteiger charge is 2.24. The van der Waals surface area contributed by atoms with Crippen molar-refractivity contribution in [3.05, 3.63) is 77.4 Å². The maximum atomic E-state index is 13.2. The molecule has 7 nitrogen and oxygen atoms in total. The van der Waals surface area contributed by atoms with Crippen LogP contribution in [0.1, 0.15) is 29.0 Å². The molecule has 0 radical (unpaired) electrons. The number of tetrazole rings is 1. The van der Waals surface area contributed by atoms with Crippen molar-refractivity contribution in [2.45, 2.75) is 25.4 Å². The Morgan fingerprint density at radius 3 is 2.46 bits per heavy atom. The number of hydrogen-bond acceptors (Lipinski definition) is 5. The minimum atomic E-state index is -0.659. The molecule has 0 saturated heterocycles. The Morgan fingerprint density at radius 2 is 1.86 bits per heavy atom. The van der Waals surface area contributed by atoms with Gasteiger partial charge in [-0.25, -0.2) is 9.07 Å². The van der Waals surface area contributed by atoms with Crippen LogP contribution in [0.3, 0.4) is 0 Å². The third-order valence-corrected chi connectivity index (χ3v) is 4.32. The van der Waals surface area contributed by atoms with E-state index in [4.69, 9.17) is 5.73 Å². The summed E-state index contributed by atoms with van der Waals surface area (Å²) < 4.78 is 14.6. The molecule has 0 aliphatic rings. The molecule has 3 N–H and O–H groups in total. The largest absolute Gasteiger partial charge is 0.352 e. The van der Waals surface area contributed by atoms with E-state index in [1.807, 2.05) is 30.3 Å². The molecule has 9 heteroatoms. The number of carbonyl (C=O) groups is 1. The Kier molecular flexibility index (Phi) is 7.60. The third kappa shape index (κ3) is 5.34. The summed E-state index contributed by atoms with van der Waals surface area (Å²) >= 11 is 0. The van der Waals surface area contributed by atoms with Gasteiger partial charge in [0.25, 0.3) is 0 Å². The van der Waals surface area contributed by atoms with Gasteiger partial charge in [-0.1, -0.05) is 42.5 Å². The van der Waals surface area contributed by atoms with Crippen LogP contribution >= 0.6 is 12.4 Å². The summed E-state index contributed by atoms with van der Waals surface area (Å²) in [4.78, 5) is 12.8. The van der Waals surface area contributed by atoms with Crippen LogP contribution in [0.25, 0.3) is 0 Å². The lowest BCUT2D eigenvalue weighted by Gasteiger charge is -2.19. The number of hydrogen-bond donors (Lipinski definition) is 2. The highest BCUT2D eigenvalue weighted by atomic mass is 35.5. The summed E-state index contributed by atoms with van der Waals surface area (Å²) in [6.07, 6.45) is 0.332. The van der Waals surface area contributed by atoms with Crippen LogP contribution in [0.15, 0.2) is 54.6 Å². The van der Waals surface area contributed by atoms with Crippen LogP contribution in [0.2, 0.25) is 0 Å². The van der Waals surface area contributed by atoms with Gasteiger partial charge in [0.15, 0.2) is 0 Å². The van der Waals surface area contributed by atoms with Crippen LogP contribution in [0.4, 0.5) is 4.39 Å². The molecular formula is C19H22ClFN6O. The van der Waals surface area contributed by atoms with Gasteiger partial charge in [-0.05, 0) is 40.6 Å². The molecule has 2 atom stereocenters. The number of amides is 1. The minimum Gasteiger partial charge on any atom is -0.352 e. The summed E-state index contributed by atoms with van der Waals surface area (Å²) in [6, 6.07) is 14.6. The number of nitrogens with two attached hydrogens (primary N) is 1. The summed E-state index contributed by atoms with van der Waals surface area (Å²) in [5.74, 6) is -0.0575. The quantitative estimate of drug-likeness (QED) is 0.628. The van der Waals surface area contributed by atoms with Crippen LogP contribution in [0.5, 0.6) is 0 Å². The highest BCUT2D eigenvalue weighted by Crippen LogP contribution is 2.16. The van der Waals surface area contributed by atoms with E-state index in [9.17, 15) is 9.18 Å². The predicted octanol–water partition coefficient (Wildman–Crippen LogP) is 2.14. The molecule has 0 bridgehead atoms. The van der Waals surface area contributed by atoms with Crippen molar-refractivity contribution in [2.75, 3.05) is 6.54 Å². The molecule has 0 saturated carbocycles. The van der Waals surface area contributed by atoms with Gasteiger partial charge in [0, 0.05) is 19.0 Å². The van der Waals surface area contributed by atoms with E-state index >= 15 is 0 Å². The molecule has 1 aromatic heterocycles. The van der Waals surface area contributed by atoms with E-state index in [0.717, 1.165) is 11.1 Å². The fraction of sp³-hybridized carbons (Fsp3) is 0.263. The Hall–Kier alpha value is -2.84. The number of halogens is 2. The molecule has 3 aromatic rings. The second kappa shape index (κ2) is 9.91. The molecule has 0 spiro atoms. The lowest BCUT2D eigenvalue weighted by molar-refractivity contribution is -0.124. The normalized spacial score (nSPS) is 12.7. The maximum Gasteiger partial charge on any atom is 0.245 e. The Morgan fingerprint density at radius 1 is 1.18 bits per heavy atom. The second-order valence-electron chi connectivity index (χ2n) is 6.28. The van der Waals surface area contributed by atoms with Crippen molar-refractivity contribution >= 4 is 18.3 Å². The zero-order valence-corrected chi connectivity index (χ0v) is 16.1. The van der Waals surface area contributed by atoms with Gasteiger partial charge in [-0.15, -0.1) is 17.5 Å². The van der Waals surface area contributed by atoms with Gasteiger partial charge >= 0.3 is 0 Å². The number of aromatic nitrogens is 4. The van der Waals surface area contributed by atoms with E-state index in [-0.39, 0.29) is 36.7 Å². The minimum absolute atomic E-state index is 0. The first kappa shape index (κ1) is 21.5. The fourth-order valence-electron chi connectivity index (χ4n) is 2.81. The summed E-state index contributed by atoms with van der Waals surface area (Å²) in [7, 11) is 0. The Balaban J connectivity index is 0.00000280. The SMILES string of the molecule is Cc1nnnn1C(Cc1ccc(F)cc1)C(=O)NCC(N)c1ccccc1.Cl. The lowest BCUT2D eigenvalue weighted by Crippen LogP contribution is -2.38. The number of benzene rings is 2. The van der Waals surface area contributed by atoms with Crippen molar-refractivity contribution in [1.82, 2.24) is 25.5 Å². The van der Waals surface area contributed by atoms with Crippen LogP contribution in [-0.4, -0.2) is 32.7 Å². The van der Waals surface area contributed by atoms with Crippen molar-refractivity contribution < 1.29 is 9.18 Å². The molecule has 2 unspecified atom stereocenters. The monoisotopic (exact) mass is 404 g/mol. The topological polar surface area (TPSA) is 98.7 Å². The standard InChI is InChI=1S/C19H21FN6O.ClH/c1-13-23-24-25-26(13)18(11-14-7-9-16(20)10-8-14)19(27)22-12-17(21)15-5-3-2-4-6-15;/h2-10,17-18H,11-12,21H2,1H3,(H,22,27);1H. The Labute approximate surface area is 168 Å². The van der Waals surface area contributed by atoms with Crippen LogP contribution in [0, 0.1) is 12.7 Å². The summed E-state index contributed by atoms with van der Waals surface area (Å²) in [5, 5.41) is 14.3. The van der Waals surface area contributed by atoms with Gasteiger partial charge in [-0.2, -0.15) is 0 Å².